The van der Waals surface area contributed by atoms with Crippen molar-refractivity contribution >= 4 is 0 Å². The molecule has 0 aromatic rings. The van der Waals surface area contributed by atoms with Crippen molar-refractivity contribution in [2.24, 2.45) is 0 Å². The SMILES string of the molecule is CCOCCN(C(C)C)C(C)C. The summed E-state index contributed by atoms with van der Waals surface area (Å²) in [6.45, 7) is 13.7. The highest BCUT2D eigenvalue weighted by atomic mass is 16.5. The minimum atomic E-state index is 0.616. The molecule has 0 rings (SSSR count). The molecule has 0 N–H and O–H groups in total. The van der Waals surface area contributed by atoms with Crippen LogP contribution in [-0.4, -0.2) is 36.7 Å². The summed E-state index contributed by atoms with van der Waals surface area (Å²) in [6, 6.07) is 1.23. The minimum Gasteiger partial charge on any atom is -0.380 e. The van der Waals surface area contributed by atoms with E-state index >= 15 is 0 Å². The van der Waals surface area contributed by atoms with Gasteiger partial charge in [-0.2, -0.15) is 0 Å². The van der Waals surface area contributed by atoms with E-state index in [0.717, 1.165) is 19.8 Å². The van der Waals surface area contributed by atoms with Crippen LogP contribution in [0, 0.1) is 0 Å². The van der Waals surface area contributed by atoms with Crippen molar-refractivity contribution in [1.82, 2.24) is 4.90 Å². The maximum atomic E-state index is 5.32. The summed E-state index contributed by atoms with van der Waals surface area (Å²) in [5, 5.41) is 0. The van der Waals surface area contributed by atoms with Gasteiger partial charge in [0.15, 0.2) is 0 Å². The molecule has 0 spiro atoms. The zero-order valence-corrected chi connectivity index (χ0v) is 9.13. The van der Waals surface area contributed by atoms with Gasteiger partial charge in [-0.15, -0.1) is 0 Å². The van der Waals surface area contributed by atoms with Gasteiger partial charge in [0.05, 0.1) is 6.61 Å². The molecule has 0 heterocycles. The monoisotopic (exact) mass is 173 g/mol. The van der Waals surface area contributed by atoms with Crippen LogP contribution in [0.25, 0.3) is 0 Å². The molecular formula is C10H23NO. The second-order valence-electron chi connectivity index (χ2n) is 3.62. The van der Waals surface area contributed by atoms with Crippen LogP contribution in [-0.2, 0) is 4.74 Å². The Morgan fingerprint density at radius 2 is 1.58 bits per heavy atom. The molecule has 2 nitrogen and oxygen atoms in total. The van der Waals surface area contributed by atoms with Gasteiger partial charge >= 0.3 is 0 Å². The van der Waals surface area contributed by atoms with E-state index in [2.05, 4.69) is 32.6 Å². The van der Waals surface area contributed by atoms with Crippen LogP contribution in [0.1, 0.15) is 34.6 Å². The summed E-state index contributed by atoms with van der Waals surface area (Å²) in [5.74, 6) is 0. The first-order valence-corrected chi connectivity index (χ1v) is 4.93. The van der Waals surface area contributed by atoms with Gasteiger partial charge in [0.25, 0.3) is 0 Å². The van der Waals surface area contributed by atoms with Gasteiger partial charge in [-0.05, 0) is 34.6 Å². The lowest BCUT2D eigenvalue weighted by Crippen LogP contribution is -2.39. The molecule has 2 heteroatoms. The Morgan fingerprint density at radius 1 is 1.08 bits per heavy atom. The maximum absolute atomic E-state index is 5.32. The summed E-state index contributed by atoms with van der Waals surface area (Å²) in [6.07, 6.45) is 0. The van der Waals surface area contributed by atoms with E-state index < -0.39 is 0 Å². The fourth-order valence-corrected chi connectivity index (χ4v) is 1.43. The van der Waals surface area contributed by atoms with E-state index in [-0.39, 0.29) is 0 Å². The summed E-state index contributed by atoms with van der Waals surface area (Å²) in [7, 11) is 0. The molecule has 0 unspecified atom stereocenters. The fourth-order valence-electron chi connectivity index (χ4n) is 1.43. The van der Waals surface area contributed by atoms with Gasteiger partial charge < -0.3 is 4.74 Å². The lowest BCUT2D eigenvalue weighted by Gasteiger charge is -2.30. The van der Waals surface area contributed by atoms with Crippen molar-refractivity contribution < 1.29 is 4.74 Å². The van der Waals surface area contributed by atoms with Crippen LogP contribution >= 0.6 is 0 Å². The summed E-state index contributed by atoms with van der Waals surface area (Å²) in [5.41, 5.74) is 0. The molecule has 0 aromatic carbocycles. The van der Waals surface area contributed by atoms with Gasteiger partial charge in [-0.3, -0.25) is 4.90 Å². The highest BCUT2D eigenvalue weighted by Gasteiger charge is 2.11. The zero-order valence-electron chi connectivity index (χ0n) is 9.13. The Morgan fingerprint density at radius 3 is 1.92 bits per heavy atom. The van der Waals surface area contributed by atoms with Crippen molar-refractivity contribution in [2.75, 3.05) is 19.8 Å². The second-order valence-corrected chi connectivity index (χ2v) is 3.62. The van der Waals surface area contributed by atoms with E-state index in [9.17, 15) is 0 Å². The summed E-state index contributed by atoms with van der Waals surface area (Å²) >= 11 is 0. The van der Waals surface area contributed by atoms with Gasteiger partial charge in [-0.1, -0.05) is 0 Å². The highest BCUT2D eigenvalue weighted by molar-refractivity contribution is 4.66. The van der Waals surface area contributed by atoms with Crippen molar-refractivity contribution in [1.29, 1.82) is 0 Å². The second kappa shape index (κ2) is 6.44. The quantitative estimate of drug-likeness (QED) is 0.571. The normalized spacial score (nSPS) is 12.0. The number of hydrogen-bond donors (Lipinski definition) is 0. The third-order valence-electron chi connectivity index (χ3n) is 2.02. The lowest BCUT2D eigenvalue weighted by atomic mass is 10.2. The zero-order chi connectivity index (χ0) is 9.56. The average molecular weight is 173 g/mol. The summed E-state index contributed by atoms with van der Waals surface area (Å²) in [4.78, 5) is 2.44. The van der Waals surface area contributed by atoms with Gasteiger partial charge in [-0.25, -0.2) is 0 Å². The lowest BCUT2D eigenvalue weighted by molar-refractivity contribution is 0.0852. The standard InChI is InChI=1S/C10H23NO/c1-6-12-8-7-11(9(2)3)10(4)5/h9-10H,6-8H2,1-5H3. The first-order valence-electron chi connectivity index (χ1n) is 4.93. The predicted molar refractivity (Wildman–Crippen MR) is 53.5 cm³/mol. The third-order valence-corrected chi connectivity index (χ3v) is 2.02. The Kier molecular flexibility index (Phi) is 6.39. The third kappa shape index (κ3) is 4.73. The highest BCUT2D eigenvalue weighted by Crippen LogP contribution is 2.03. The molecule has 0 radical (unpaired) electrons. The van der Waals surface area contributed by atoms with Crippen LogP contribution in [0.3, 0.4) is 0 Å². The molecule has 0 aliphatic carbocycles. The van der Waals surface area contributed by atoms with Crippen LogP contribution in [0.4, 0.5) is 0 Å². The Labute approximate surface area is 76.9 Å². The number of nitrogens with zero attached hydrogens (tertiary/aromatic N) is 1. The Bertz CT molecular complexity index is 94.0. The van der Waals surface area contributed by atoms with Gasteiger partial charge in [0, 0.05) is 25.2 Å². The van der Waals surface area contributed by atoms with Crippen molar-refractivity contribution in [3.8, 4) is 0 Å². The van der Waals surface area contributed by atoms with Crippen LogP contribution < -0.4 is 0 Å². The average Bonchev–Trinajstić information content (AvgIpc) is 1.96. The first-order chi connectivity index (χ1) is 5.59. The molecule has 0 aliphatic heterocycles. The molecule has 74 valence electrons. The van der Waals surface area contributed by atoms with Crippen LogP contribution in [0.15, 0.2) is 0 Å². The van der Waals surface area contributed by atoms with Crippen molar-refractivity contribution in [3.05, 3.63) is 0 Å². The molecule has 12 heavy (non-hydrogen) atoms. The fraction of sp³-hybridized carbons (Fsp3) is 1.00. The summed E-state index contributed by atoms with van der Waals surface area (Å²) < 4.78 is 5.32. The molecule has 0 aliphatic rings. The van der Waals surface area contributed by atoms with E-state index in [4.69, 9.17) is 4.74 Å². The van der Waals surface area contributed by atoms with Crippen LogP contribution in [0.2, 0.25) is 0 Å². The molecule has 0 bridgehead atoms. The Balaban J connectivity index is 3.64. The largest absolute Gasteiger partial charge is 0.380 e. The number of rotatable bonds is 6. The van der Waals surface area contributed by atoms with Crippen LogP contribution in [0.5, 0.6) is 0 Å². The van der Waals surface area contributed by atoms with Crippen molar-refractivity contribution in [2.45, 2.75) is 46.7 Å². The smallest absolute Gasteiger partial charge is 0.0593 e. The number of hydrogen-bond acceptors (Lipinski definition) is 2. The van der Waals surface area contributed by atoms with E-state index in [0.29, 0.717) is 12.1 Å². The Hall–Kier alpha value is -0.0800. The van der Waals surface area contributed by atoms with Gasteiger partial charge in [0.1, 0.15) is 0 Å². The molecule has 0 amide bonds. The van der Waals surface area contributed by atoms with Gasteiger partial charge in [0.2, 0.25) is 0 Å². The first kappa shape index (κ1) is 11.9. The van der Waals surface area contributed by atoms with E-state index in [1.54, 1.807) is 0 Å². The molecule has 0 aromatic heterocycles. The molecule has 0 saturated carbocycles. The van der Waals surface area contributed by atoms with Crippen molar-refractivity contribution in [3.63, 3.8) is 0 Å². The van der Waals surface area contributed by atoms with E-state index in [1.807, 2.05) is 6.92 Å². The molecular weight excluding hydrogens is 150 g/mol. The molecule has 0 saturated heterocycles. The van der Waals surface area contributed by atoms with E-state index in [1.165, 1.54) is 0 Å². The maximum Gasteiger partial charge on any atom is 0.0593 e. The minimum absolute atomic E-state index is 0.616. The molecule has 0 fully saturated rings. The molecule has 0 atom stereocenters. The topological polar surface area (TPSA) is 12.5 Å². The predicted octanol–water partition coefficient (Wildman–Crippen LogP) is 2.14. The number of ether oxygens (including phenoxy) is 1.